The number of hydrogen-bond acceptors (Lipinski definition) is 8. The van der Waals surface area contributed by atoms with Gasteiger partial charge in [-0.3, -0.25) is 9.59 Å². The molecule has 0 spiro atoms. The van der Waals surface area contributed by atoms with E-state index in [0.29, 0.717) is 22.3 Å². The minimum atomic E-state index is -2.25. The number of aliphatic carboxylic acids is 1. The zero-order chi connectivity index (χ0) is 21.7. The summed E-state index contributed by atoms with van der Waals surface area (Å²) >= 11 is 0. The molecular formula is C20H18O9. The molecule has 1 aliphatic rings. The maximum atomic E-state index is 12.1. The summed E-state index contributed by atoms with van der Waals surface area (Å²) in [5, 5.41) is 43.2. The first kappa shape index (κ1) is 22.1. The molecule has 4 unspecified atom stereocenters. The molecule has 0 fully saturated rings. The third-order valence-electron chi connectivity index (χ3n) is 4.25. The van der Waals surface area contributed by atoms with Crippen molar-refractivity contribution in [2.45, 2.75) is 24.4 Å². The van der Waals surface area contributed by atoms with Crippen LogP contribution in [-0.4, -0.2) is 73.8 Å². The Morgan fingerprint density at radius 2 is 1.07 bits per heavy atom. The highest BCUT2D eigenvalue weighted by molar-refractivity contribution is 6.28. The monoisotopic (exact) mass is 402 g/mol. The molecule has 0 radical (unpaired) electrons. The fraction of sp³-hybridized carbons (Fsp3) is 0.200. The lowest BCUT2D eigenvalue weighted by Gasteiger charge is -2.21. The number of carbonyl (C=O) groups excluding carboxylic acids is 3. The normalized spacial score (nSPS) is 16.3. The summed E-state index contributed by atoms with van der Waals surface area (Å²) in [6, 6.07) is 13.9. The van der Waals surface area contributed by atoms with Crippen molar-refractivity contribution in [3.8, 4) is 0 Å². The van der Waals surface area contributed by atoms with Crippen LogP contribution in [0.25, 0.3) is 0 Å². The van der Waals surface area contributed by atoms with Crippen LogP contribution in [0, 0.1) is 0 Å². The zero-order valence-corrected chi connectivity index (χ0v) is 14.9. The number of carboxylic acid groups (broad SMARTS) is 1. The van der Waals surface area contributed by atoms with Gasteiger partial charge in [-0.25, -0.2) is 4.79 Å². The summed E-state index contributed by atoms with van der Waals surface area (Å²) in [7, 11) is 0. The van der Waals surface area contributed by atoms with Gasteiger partial charge in [0.25, 0.3) is 0 Å². The molecule has 4 atom stereocenters. The quantitative estimate of drug-likeness (QED) is 0.342. The summed E-state index contributed by atoms with van der Waals surface area (Å²) < 4.78 is 0. The van der Waals surface area contributed by atoms with Crippen LogP contribution in [0.2, 0.25) is 0 Å². The summed E-state index contributed by atoms with van der Waals surface area (Å²) in [4.78, 5) is 44.2. The number of fused-ring (bicyclic) bond motifs is 2. The second-order valence-electron chi connectivity index (χ2n) is 6.14. The second-order valence-corrected chi connectivity index (χ2v) is 6.14. The van der Waals surface area contributed by atoms with Crippen LogP contribution in [-0.2, 0) is 9.59 Å². The lowest BCUT2D eigenvalue weighted by molar-refractivity contribution is -0.163. The van der Waals surface area contributed by atoms with E-state index in [-0.39, 0.29) is 17.9 Å². The van der Waals surface area contributed by atoms with Crippen molar-refractivity contribution in [1.29, 1.82) is 0 Å². The second kappa shape index (κ2) is 9.30. The maximum absolute atomic E-state index is 12.1. The Morgan fingerprint density at radius 1 is 0.724 bits per heavy atom. The van der Waals surface area contributed by atoms with E-state index in [1.54, 1.807) is 48.5 Å². The van der Waals surface area contributed by atoms with Crippen molar-refractivity contribution in [1.82, 2.24) is 0 Å². The van der Waals surface area contributed by atoms with E-state index < -0.39 is 30.4 Å². The number of hydrogen-bond donors (Lipinski definition) is 5. The van der Waals surface area contributed by atoms with Crippen LogP contribution in [0.3, 0.4) is 0 Å². The molecule has 2 aromatic rings. The average molecular weight is 402 g/mol. The Bertz CT molecular complexity index is 832. The smallest absolute Gasteiger partial charge is 0.335 e. The topological polar surface area (TPSA) is 169 Å². The summed E-state index contributed by atoms with van der Waals surface area (Å²) in [6.07, 6.45) is -8.39. The predicted octanol–water partition coefficient (Wildman–Crippen LogP) is -0.825. The van der Waals surface area contributed by atoms with Gasteiger partial charge in [-0.2, -0.15) is 0 Å². The van der Waals surface area contributed by atoms with Crippen LogP contribution in [0.4, 0.5) is 0 Å². The van der Waals surface area contributed by atoms with Crippen LogP contribution in [0.1, 0.15) is 31.8 Å². The van der Waals surface area contributed by atoms with Crippen LogP contribution >= 0.6 is 0 Å². The molecular weight excluding hydrogens is 384 g/mol. The third-order valence-corrected chi connectivity index (χ3v) is 4.25. The van der Waals surface area contributed by atoms with E-state index in [9.17, 15) is 19.2 Å². The number of carbonyl (C=O) groups is 4. The minimum Gasteiger partial charge on any atom is -0.479 e. The molecule has 1 aliphatic carbocycles. The van der Waals surface area contributed by atoms with E-state index in [1.807, 2.05) is 0 Å². The van der Waals surface area contributed by atoms with Gasteiger partial charge in [0.15, 0.2) is 24.0 Å². The van der Waals surface area contributed by atoms with Crippen LogP contribution in [0.5, 0.6) is 0 Å². The maximum Gasteiger partial charge on any atom is 0.335 e. The SMILES string of the molecule is O=C1c2ccccc2C(=O)c2ccccc21.O=CC(O)C(O)C(O)C(O)C(=O)O. The molecule has 0 aliphatic heterocycles. The molecule has 3 rings (SSSR count). The van der Waals surface area contributed by atoms with Gasteiger partial charge in [0.05, 0.1) is 0 Å². The number of aliphatic hydroxyl groups excluding tert-OH is 4. The van der Waals surface area contributed by atoms with Crippen LogP contribution < -0.4 is 0 Å². The Kier molecular flexibility index (Phi) is 7.08. The van der Waals surface area contributed by atoms with Gasteiger partial charge in [-0.05, 0) is 0 Å². The number of benzene rings is 2. The van der Waals surface area contributed by atoms with Gasteiger partial charge in [0, 0.05) is 22.3 Å². The van der Waals surface area contributed by atoms with Gasteiger partial charge < -0.3 is 30.3 Å². The molecule has 29 heavy (non-hydrogen) atoms. The molecule has 0 saturated heterocycles. The summed E-state index contributed by atoms with van der Waals surface area (Å²) in [6.45, 7) is 0. The molecule has 0 heterocycles. The fourth-order valence-corrected chi connectivity index (χ4v) is 2.66. The van der Waals surface area contributed by atoms with Crippen molar-refractivity contribution in [3.05, 3.63) is 70.8 Å². The van der Waals surface area contributed by atoms with Crippen molar-refractivity contribution in [2.24, 2.45) is 0 Å². The molecule has 0 saturated carbocycles. The Balaban J connectivity index is 0.000000213. The molecule has 9 heteroatoms. The minimum absolute atomic E-state index is 0.0641. The molecule has 2 aromatic carbocycles. The molecule has 9 nitrogen and oxygen atoms in total. The molecule has 5 N–H and O–H groups in total. The largest absolute Gasteiger partial charge is 0.479 e. The van der Waals surface area contributed by atoms with E-state index in [0.717, 1.165) is 0 Å². The Labute approximate surface area is 164 Å². The Hall–Kier alpha value is -3.24. The van der Waals surface area contributed by atoms with E-state index in [2.05, 4.69) is 0 Å². The highest BCUT2D eigenvalue weighted by Crippen LogP contribution is 2.26. The zero-order valence-electron chi connectivity index (χ0n) is 14.9. The fourth-order valence-electron chi connectivity index (χ4n) is 2.66. The van der Waals surface area contributed by atoms with E-state index in [1.165, 1.54) is 0 Å². The number of carboxylic acids is 1. The summed E-state index contributed by atoms with van der Waals surface area (Å²) in [5.41, 5.74) is 2.02. The molecule has 0 bridgehead atoms. The molecule has 0 amide bonds. The van der Waals surface area contributed by atoms with Crippen molar-refractivity contribution in [3.63, 3.8) is 0 Å². The third kappa shape index (κ3) is 4.61. The highest BCUT2D eigenvalue weighted by atomic mass is 16.4. The summed E-state index contributed by atoms with van der Waals surface area (Å²) in [5.74, 6) is -1.89. The number of aldehydes is 1. The standard InChI is InChI=1S/C14H8O2.C6H10O7/c15-13-9-5-1-2-6-10(9)14(16)12-8-4-3-7-11(12)13;7-1-2(8)3(9)4(10)5(11)6(12)13/h1-8H;1-5,8-11H,(H,12,13). The average Bonchev–Trinajstić information content (AvgIpc) is 2.75. The van der Waals surface area contributed by atoms with Gasteiger partial charge in [-0.15, -0.1) is 0 Å². The van der Waals surface area contributed by atoms with Gasteiger partial charge in [0.1, 0.15) is 18.3 Å². The lowest BCUT2D eigenvalue weighted by atomic mass is 9.84. The lowest BCUT2D eigenvalue weighted by Crippen LogP contribution is -2.48. The Morgan fingerprint density at radius 3 is 1.34 bits per heavy atom. The number of rotatable bonds is 5. The highest BCUT2D eigenvalue weighted by Gasteiger charge is 2.34. The van der Waals surface area contributed by atoms with Gasteiger partial charge >= 0.3 is 5.97 Å². The van der Waals surface area contributed by atoms with Crippen molar-refractivity contribution in [2.75, 3.05) is 0 Å². The van der Waals surface area contributed by atoms with Gasteiger partial charge in [-0.1, -0.05) is 48.5 Å². The number of ketones is 2. The van der Waals surface area contributed by atoms with Crippen LogP contribution in [0.15, 0.2) is 48.5 Å². The van der Waals surface area contributed by atoms with E-state index >= 15 is 0 Å². The molecule has 0 aromatic heterocycles. The van der Waals surface area contributed by atoms with E-state index in [4.69, 9.17) is 25.5 Å². The van der Waals surface area contributed by atoms with Gasteiger partial charge in [0.2, 0.25) is 0 Å². The van der Waals surface area contributed by atoms with Crippen molar-refractivity contribution >= 4 is 23.8 Å². The first-order chi connectivity index (χ1) is 13.7. The van der Waals surface area contributed by atoms with Crippen molar-refractivity contribution < 1.29 is 44.7 Å². The number of aliphatic hydroxyl groups is 4. The first-order valence-corrected chi connectivity index (χ1v) is 8.38. The molecule has 152 valence electrons. The predicted molar refractivity (Wildman–Crippen MR) is 97.5 cm³/mol. The first-order valence-electron chi connectivity index (χ1n) is 8.38.